The molecule has 1 amide bonds. The van der Waals surface area contributed by atoms with Gasteiger partial charge in [0.05, 0.1) is 25.7 Å². The molecule has 0 aromatic rings. The average molecular weight is 351 g/mol. The molecule has 0 aliphatic heterocycles. The molecule has 23 heavy (non-hydrogen) atoms. The van der Waals surface area contributed by atoms with Crippen molar-refractivity contribution in [3.8, 4) is 0 Å². The molecule has 0 saturated heterocycles. The fraction of sp³-hybridized carbons (Fsp3) is 0.867. The number of hydrogen-bond acceptors (Lipinski definition) is 6. The molecule has 136 valence electrons. The van der Waals surface area contributed by atoms with Crippen molar-refractivity contribution in [2.24, 2.45) is 5.92 Å². The highest BCUT2D eigenvalue weighted by Gasteiger charge is 2.30. The Kier molecular flexibility index (Phi) is 10.6. The molecular formula is C15H30NO6P. The van der Waals surface area contributed by atoms with Gasteiger partial charge in [0.15, 0.2) is 5.78 Å². The van der Waals surface area contributed by atoms with Crippen LogP contribution in [0.5, 0.6) is 0 Å². The Morgan fingerprint density at radius 2 is 1.65 bits per heavy atom. The van der Waals surface area contributed by atoms with Gasteiger partial charge in [0.25, 0.3) is 5.91 Å². The highest BCUT2D eigenvalue weighted by Crippen LogP contribution is 2.47. The van der Waals surface area contributed by atoms with E-state index in [1.165, 1.54) is 0 Å². The summed E-state index contributed by atoms with van der Waals surface area (Å²) < 4.78 is 22.3. The third-order valence-electron chi connectivity index (χ3n) is 3.58. The zero-order chi connectivity index (χ0) is 18.0. The second-order valence-electron chi connectivity index (χ2n) is 5.56. The van der Waals surface area contributed by atoms with Crippen LogP contribution in [0.1, 0.15) is 53.9 Å². The van der Waals surface area contributed by atoms with Gasteiger partial charge < -0.3 is 9.05 Å². The van der Waals surface area contributed by atoms with E-state index in [1.807, 2.05) is 13.8 Å². The predicted octanol–water partition coefficient (Wildman–Crippen LogP) is 3.25. The molecule has 7 nitrogen and oxygen atoms in total. The molecule has 2 unspecified atom stereocenters. The molecule has 0 rings (SSSR count). The molecule has 0 bridgehead atoms. The monoisotopic (exact) mass is 351 g/mol. The molecule has 0 heterocycles. The smallest absolute Gasteiger partial charge is 0.309 e. The van der Waals surface area contributed by atoms with Crippen molar-refractivity contribution >= 4 is 19.3 Å². The number of carbonyl (C=O) groups excluding carboxylic acids is 2. The van der Waals surface area contributed by atoms with E-state index in [0.717, 1.165) is 12.8 Å². The number of rotatable bonds is 12. The first-order chi connectivity index (χ1) is 10.7. The number of ketones is 1. The largest absolute Gasteiger partial charge is 0.338 e. The number of nitrogens with zero attached hydrogens (tertiary/aromatic N) is 1. The Labute approximate surface area is 138 Å². The standard InChI is InChI=1S/C15H30NO6P/c1-6-9-12(4)13(5)16(19)15(18)10-14(17)11-23(20,21-7-2)22-8-3/h12-13,19H,6-11H2,1-5H3. The van der Waals surface area contributed by atoms with Crippen LogP contribution in [0.3, 0.4) is 0 Å². The Balaban J connectivity index is 4.64. The van der Waals surface area contributed by atoms with Crippen molar-refractivity contribution in [1.82, 2.24) is 5.06 Å². The fourth-order valence-corrected chi connectivity index (χ4v) is 3.80. The Hall–Kier alpha value is -0.750. The van der Waals surface area contributed by atoms with Gasteiger partial charge in [-0.05, 0) is 33.1 Å². The van der Waals surface area contributed by atoms with E-state index in [0.29, 0.717) is 5.06 Å². The molecule has 0 fully saturated rings. The molecule has 0 saturated carbocycles. The van der Waals surface area contributed by atoms with Crippen LogP contribution in [0.2, 0.25) is 0 Å². The maximum atomic E-state index is 12.2. The lowest BCUT2D eigenvalue weighted by molar-refractivity contribution is -0.179. The fourth-order valence-electron chi connectivity index (χ4n) is 2.21. The summed E-state index contributed by atoms with van der Waals surface area (Å²) in [5, 5.41) is 10.5. The third-order valence-corrected chi connectivity index (χ3v) is 5.62. The van der Waals surface area contributed by atoms with Crippen LogP contribution >= 0.6 is 7.60 Å². The SMILES string of the molecule is CCCC(C)C(C)N(O)C(=O)CC(=O)CP(=O)(OCC)OCC. The van der Waals surface area contributed by atoms with E-state index in [-0.39, 0.29) is 25.2 Å². The van der Waals surface area contributed by atoms with Crippen molar-refractivity contribution in [1.29, 1.82) is 0 Å². The maximum Gasteiger partial charge on any atom is 0.338 e. The highest BCUT2D eigenvalue weighted by molar-refractivity contribution is 7.54. The summed E-state index contributed by atoms with van der Waals surface area (Å²) in [6, 6.07) is -0.388. The van der Waals surface area contributed by atoms with Crippen LogP contribution in [0.25, 0.3) is 0 Å². The van der Waals surface area contributed by atoms with E-state index >= 15 is 0 Å². The maximum absolute atomic E-state index is 12.2. The van der Waals surface area contributed by atoms with E-state index in [2.05, 4.69) is 0 Å². The molecule has 8 heteroatoms. The zero-order valence-corrected chi connectivity index (χ0v) is 15.7. The van der Waals surface area contributed by atoms with Crippen LogP contribution in [0.15, 0.2) is 0 Å². The molecule has 0 aromatic carbocycles. The summed E-state index contributed by atoms with van der Waals surface area (Å²) in [5.41, 5.74) is 0. The van der Waals surface area contributed by atoms with Gasteiger partial charge in [0.1, 0.15) is 6.16 Å². The molecule has 0 aliphatic rings. The molecular weight excluding hydrogens is 321 g/mol. The normalized spacial score (nSPS) is 14.3. The summed E-state index contributed by atoms with van der Waals surface area (Å²) in [5.74, 6) is -1.17. The average Bonchev–Trinajstić information content (AvgIpc) is 2.45. The Morgan fingerprint density at radius 3 is 2.09 bits per heavy atom. The van der Waals surface area contributed by atoms with Crippen molar-refractivity contribution in [3.05, 3.63) is 0 Å². The van der Waals surface area contributed by atoms with Crippen LogP contribution in [-0.4, -0.2) is 47.4 Å². The number of hydroxylamine groups is 2. The van der Waals surface area contributed by atoms with Crippen molar-refractivity contribution < 1.29 is 28.4 Å². The van der Waals surface area contributed by atoms with Crippen LogP contribution in [0.4, 0.5) is 0 Å². The van der Waals surface area contributed by atoms with Gasteiger partial charge in [0.2, 0.25) is 0 Å². The quantitative estimate of drug-likeness (QED) is 0.251. The van der Waals surface area contributed by atoms with Crippen molar-refractivity contribution in [2.75, 3.05) is 19.4 Å². The van der Waals surface area contributed by atoms with E-state index in [9.17, 15) is 19.4 Å². The highest BCUT2D eigenvalue weighted by atomic mass is 31.2. The Bertz CT molecular complexity index is 418. The molecule has 0 aromatic heterocycles. The van der Waals surface area contributed by atoms with Crippen molar-refractivity contribution in [3.63, 3.8) is 0 Å². The minimum atomic E-state index is -3.52. The van der Waals surface area contributed by atoms with E-state index < -0.39 is 31.9 Å². The summed E-state index contributed by atoms with van der Waals surface area (Å²) in [6.45, 7) is 9.28. The van der Waals surface area contributed by atoms with Gasteiger partial charge in [-0.3, -0.25) is 19.4 Å². The molecule has 2 atom stereocenters. The minimum Gasteiger partial charge on any atom is -0.309 e. The topological polar surface area (TPSA) is 93.1 Å². The lowest BCUT2D eigenvalue weighted by Gasteiger charge is -2.27. The lowest BCUT2D eigenvalue weighted by Crippen LogP contribution is -2.40. The molecule has 0 spiro atoms. The Morgan fingerprint density at radius 1 is 1.13 bits per heavy atom. The second kappa shape index (κ2) is 10.9. The second-order valence-corrected chi connectivity index (χ2v) is 7.62. The summed E-state index contributed by atoms with van der Waals surface area (Å²) in [4.78, 5) is 23.9. The van der Waals surface area contributed by atoms with Crippen LogP contribution in [-0.2, 0) is 23.2 Å². The van der Waals surface area contributed by atoms with E-state index in [1.54, 1.807) is 20.8 Å². The van der Waals surface area contributed by atoms with Crippen LogP contribution < -0.4 is 0 Å². The third kappa shape index (κ3) is 8.06. The van der Waals surface area contributed by atoms with Gasteiger partial charge >= 0.3 is 7.60 Å². The van der Waals surface area contributed by atoms with Gasteiger partial charge in [0, 0.05) is 0 Å². The predicted molar refractivity (Wildman–Crippen MR) is 87.5 cm³/mol. The lowest BCUT2D eigenvalue weighted by atomic mass is 9.98. The van der Waals surface area contributed by atoms with Gasteiger partial charge in [-0.15, -0.1) is 0 Å². The number of hydrogen-bond donors (Lipinski definition) is 1. The number of carbonyl (C=O) groups is 2. The van der Waals surface area contributed by atoms with Crippen LogP contribution in [0, 0.1) is 5.92 Å². The molecule has 0 radical (unpaired) electrons. The first kappa shape index (κ1) is 22.2. The number of Topliss-reactive ketones (excluding diaryl/α,β-unsaturated/α-hetero) is 1. The minimum absolute atomic E-state index is 0.113. The first-order valence-corrected chi connectivity index (χ1v) is 9.84. The zero-order valence-electron chi connectivity index (χ0n) is 14.8. The van der Waals surface area contributed by atoms with Gasteiger partial charge in [-0.2, -0.15) is 0 Å². The molecule has 0 aliphatic carbocycles. The van der Waals surface area contributed by atoms with E-state index in [4.69, 9.17) is 9.05 Å². The van der Waals surface area contributed by atoms with Gasteiger partial charge in [-0.1, -0.05) is 20.3 Å². The summed E-state index contributed by atoms with van der Waals surface area (Å²) >= 11 is 0. The first-order valence-electron chi connectivity index (χ1n) is 8.11. The molecule has 1 N–H and O–H groups in total. The number of amides is 1. The summed E-state index contributed by atoms with van der Waals surface area (Å²) in [7, 11) is -3.52. The van der Waals surface area contributed by atoms with Crippen molar-refractivity contribution in [2.45, 2.75) is 59.9 Å². The summed E-state index contributed by atoms with van der Waals surface area (Å²) in [6.07, 6.45) is 0.818. The van der Waals surface area contributed by atoms with Gasteiger partial charge in [-0.25, -0.2) is 5.06 Å².